The quantitative estimate of drug-likeness (QED) is 0.677. The molecule has 7 nitrogen and oxygen atoms in total. The van der Waals surface area contributed by atoms with E-state index in [1.165, 1.54) is 5.56 Å². The highest BCUT2D eigenvalue weighted by Crippen LogP contribution is 2.39. The highest BCUT2D eigenvalue weighted by molar-refractivity contribution is 5.96. The Morgan fingerprint density at radius 2 is 1.78 bits per heavy atom. The van der Waals surface area contributed by atoms with E-state index in [-0.39, 0.29) is 11.9 Å². The zero-order chi connectivity index (χ0) is 22.5. The van der Waals surface area contributed by atoms with E-state index in [9.17, 15) is 4.79 Å². The van der Waals surface area contributed by atoms with Gasteiger partial charge in [-0.15, -0.1) is 0 Å². The monoisotopic (exact) mass is 439 g/mol. The molecule has 0 aliphatic carbocycles. The molecule has 1 atom stereocenters. The second-order valence-corrected chi connectivity index (χ2v) is 8.14. The average molecular weight is 440 g/mol. The predicted molar refractivity (Wildman–Crippen MR) is 127 cm³/mol. The molecule has 0 radical (unpaired) electrons. The van der Waals surface area contributed by atoms with Crippen LogP contribution in [0.15, 0.2) is 36.4 Å². The third-order valence-corrected chi connectivity index (χ3v) is 5.95. The summed E-state index contributed by atoms with van der Waals surface area (Å²) in [4.78, 5) is 17.5. The summed E-state index contributed by atoms with van der Waals surface area (Å²) in [6.07, 6.45) is 0.955. The Balaban J connectivity index is 1.56. The van der Waals surface area contributed by atoms with Crippen LogP contribution in [0.3, 0.4) is 0 Å². The van der Waals surface area contributed by atoms with Crippen LogP contribution in [0.2, 0.25) is 0 Å². The van der Waals surface area contributed by atoms with E-state index in [0.717, 1.165) is 36.6 Å². The summed E-state index contributed by atoms with van der Waals surface area (Å²) in [6.45, 7) is 10.4. The van der Waals surface area contributed by atoms with Crippen molar-refractivity contribution in [1.82, 2.24) is 0 Å². The van der Waals surface area contributed by atoms with E-state index in [4.69, 9.17) is 14.2 Å². The second-order valence-electron chi connectivity index (χ2n) is 8.14. The van der Waals surface area contributed by atoms with Crippen LogP contribution in [0, 0.1) is 0 Å². The van der Waals surface area contributed by atoms with Gasteiger partial charge in [0.2, 0.25) is 5.91 Å². The van der Waals surface area contributed by atoms with Crippen LogP contribution in [0.4, 0.5) is 17.1 Å². The molecule has 172 valence electrons. The smallest absolute Gasteiger partial charge is 0.244 e. The van der Waals surface area contributed by atoms with Gasteiger partial charge in [-0.05, 0) is 38.8 Å². The fourth-order valence-corrected chi connectivity index (χ4v) is 4.46. The number of nitrogens with one attached hydrogen (secondary N) is 1. The molecule has 2 heterocycles. The molecular formula is C25H33N3O4. The first-order valence-electron chi connectivity index (χ1n) is 11.5. The molecule has 0 saturated carbocycles. The van der Waals surface area contributed by atoms with E-state index >= 15 is 0 Å². The number of fused-ring (bicyclic) bond motifs is 1. The fraction of sp³-hybridized carbons (Fsp3) is 0.480. The minimum absolute atomic E-state index is 0.0731. The van der Waals surface area contributed by atoms with Crippen LogP contribution >= 0.6 is 0 Å². The number of para-hydroxylation sites is 1. The van der Waals surface area contributed by atoms with Crippen LogP contribution in [-0.4, -0.2) is 58.0 Å². The maximum Gasteiger partial charge on any atom is 0.244 e. The molecule has 0 spiro atoms. The van der Waals surface area contributed by atoms with Crippen molar-refractivity contribution in [2.75, 3.05) is 61.2 Å². The fourth-order valence-electron chi connectivity index (χ4n) is 4.46. The minimum atomic E-state index is -0.0731. The van der Waals surface area contributed by atoms with Gasteiger partial charge in [0.05, 0.1) is 44.3 Å². The summed E-state index contributed by atoms with van der Waals surface area (Å²) >= 11 is 0. The zero-order valence-corrected chi connectivity index (χ0v) is 19.2. The highest BCUT2D eigenvalue weighted by Gasteiger charge is 2.28. The molecule has 32 heavy (non-hydrogen) atoms. The number of benzene rings is 2. The lowest BCUT2D eigenvalue weighted by Crippen LogP contribution is -2.37. The van der Waals surface area contributed by atoms with Gasteiger partial charge in [-0.3, -0.25) is 4.79 Å². The number of anilines is 3. The molecule has 2 aliphatic rings. The number of carbonyl (C=O) groups is 1. The van der Waals surface area contributed by atoms with E-state index in [2.05, 4.69) is 40.2 Å². The minimum Gasteiger partial charge on any atom is -0.492 e. The van der Waals surface area contributed by atoms with Gasteiger partial charge in [-0.25, -0.2) is 0 Å². The summed E-state index contributed by atoms with van der Waals surface area (Å²) in [5.74, 6) is 1.32. The number of rotatable bonds is 8. The van der Waals surface area contributed by atoms with Gasteiger partial charge < -0.3 is 29.3 Å². The molecule has 7 heteroatoms. The SMILES string of the molecule is CCOc1cc(N2CCOCC2)c(OCC)cc1NC(=O)CN1c2ccccc2C[C@H]1C. The first-order chi connectivity index (χ1) is 15.6. The van der Waals surface area contributed by atoms with Gasteiger partial charge in [0.1, 0.15) is 11.5 Å². The van der Waals surface area contributed by atoms with Gasteiger partial charge in [0.15, 0.2) is 0 Å². The van der Waals surface area contributed by atoms with Gasteiger partial charge in [-0.1, -0.05) is 18.2 Å². The molecule has 0 bridgehead atoms. The molecule has 2 aliphatic heterocycles. The standard InChI is InChI=1S/C25H33N3O4/c1-4-31-23-16-22(27-10-12-30-13-11-27)24(32-5-2)15-20(23)26-25(29)17-28-18(3)14-19-8-6-7-9-21(19)28/h6-9,15-16,18H,4-5,10-14,17H2,1-3H3,(H,26,29)/t18-/m1/s1. The summed E-state index contributed by atoms with van der Waals surface area (Å²) < 4.78 is 17.3. The maximum absolute atomic E-state index is 13.1. The van der Waals surface area contributed by atoms with E-state index in [1.54, 1.807) is 0 Å². The number of morpholine rings is 1. The third kappa shape index (κ3) is 4.78. The lowest BCUT2D eigenvalue weighted by atomic mass is 10.1. The number of amides is 1. The number of carbonyl (C=O) groups excluding carboxylic acids is 1. The third-order valence-electron chi connectivity index (χ3n) is 5.95. The second kappa shape index (κ2) is 10.1. The summed E-state index contributed by atoms with van der Waals surface area (Å²) in [7, 11) is 0. The Labute approximate surface area is 190 Å². The van der Waals surface area contributed by atoms with Crippen LogP contribution in [-0.2, 0) is 16.0 Å². The largest absolute Gasteiger partial charge is 0.492 e. The van der Waals surface area contributed by atoms with Gasteiger partial charge in [0.25, 0.3) is 0 Å². The van der Waals surface area contributed by atoms with E-state index < -0.39 is 0 Å². The maximum atomic E-state index is 13.1. The first kappa shape index (κ1) is 22.3. The Hall–Kier alpha value is -2.93. The predicted octanol–water partition coefficient (Wildman–Crippen LogP) is 3.71. The van der Waals surface area contributed by atoms with Crippen molar-refractivity contribution in [1.29, 1.82) is 0 Å². The van der Waals surface area contributed by atoms with Crippen molar-refractivity contribution >= 4 is 23.0 Å². The Morgan fingerprint density at radius 1 is 1.06 bits per heavy atom. The number of ether oxygens (including phenoxy) is 3. The lowest BCUT2D eigenvalue weighted by molar-refractivity contribution is -0.115. The molecule has 1 amide bonds. The van der Waals surface area contributed by atoms with Crippen LogP contribution < -0.4 is 24.6 Å². The van der Waals surface area contributed by atoms with Crippen molar-refractivity contribution in [3.63, 3.8) is 0 Å². The molecule has 2 aromatic rings. The molecule has 4 rings (SSSR count). The Bertz CT molecular complexity index is 943. The molecule has 0 aromatic heterocycles. The van der Waals surface area contributed by atoms with Gasteiger partial charge in [-0.2, -0.15) is 0 Å². The Morgan fingerprint density at radius 3 is 2.53 bits per heavy atom. The molecule has 1 fully saturated rings. The number of hydrogen-bond donors (Lipinski definition) is 1. The van der Waals surface area contributed by atoms with Gasteiger partial charge in [0, 0.05) is 37.0 Å². The normalized spacial score (nSPS) is 17.8. The summed E-state index contributed by atoms with van der Waals surface area (Å²) in [5, 5.41) is 3.07. The number of nitrogens with zero attached hydrogens (tertiary/aromatic N) is 2. The zero-order valence-electron chi connectivity index (χ0n) is 19.2. The first-order valence-corrected chi connectivity index (χ1v) is 11.5. The molecular weight excluding hydrogens is 406 g/mol. The van der Waals surface area contributed by atoms with E-state index in [0.29, 0.717) is 44.4 Å². The van der Waals surface area contributed by atoms with Crippen molar-refractivity contribution in [2.24, 2.45) is 0 Å². The Kier molecular flexibility index (Phi) is 7.05. The molecule has 1 saturated heterocycles. The van der Waals surface area contributed by atoms with Crippen molar-refractivity contribution in [3.8, 4) is 11.5 Å². The lowest BCUT2D eigenvalue weighted by Gasteiger charge is -2.31. The van der Waals surface area contributed by atoms with Crippen LogP contribution in [0.5, 0.6) is 11.5 Å². The average Bonchev–Trinajstić information content (AvgIpc) is 3.11. The van der Waals surface area contributed by atoms with Crippen molar-refractivity contribution in [3.05, 3.63) is 42.0 Å². The molecule has 2 aromatic carbocycles. The summed E-state index contributed by atoms with van der Waals surface area (Å²) in [5.41, 5.74) is 4.03. The molecule has 0 unspecified atom stereocenters. The molecule has 1 N–H and O–H groups in total. The topological polar surface area (TPSA) is 63.3 Å². The van der Waals surface area contributed by atoms with E-state index in [1.807, 2.05) is 32.0 Å². The van der Waals surface area contributed by atoms with Crippen LogP contribution in [0.25, 0.3) is 0 Å². The van der Waals surface area contributed by atoms with Crippen molar-refractivity contribution in [2.45, 2.75) is 33.2 Å². The van der Waals surface area contributed by atoms with Crippen LogP contribution in [0.1, 0.15) is 26.3 Å². The van der Waals surface area contributed by atoms with Gasteiger partial charge >= 0.3 is 0 Å². The summed E-state index contributed by atoms with van der Waals surface area (Å²) in [6, 6.07) is 12.4. The highest BCUT2D eigenvalue weighted by atomic mass is 16.5. The number of hydrogen-bond acceptors (Lipinski definition) is 6. The van der Waals surface area contributed by atoms with Crippen molar-refractivity contribution < 1.29 is 19.0 Å².